The highest BCUT2D eigenvalue weighted by Gasteiger charge is 2.13. The lowest BCUT2D eigenvalue weighted by Crippen LogP contribution is -2.34. The van der Waals surface area contributed by atoms with E-state index in [1.54, 1.807) is 36.4 Å². The topological polar surface area (TPSA) is 67.4 Å². The second kappa shape index (κ2) is 11.5. The number of carbonyl (C=O) groups excluding carboxylic acids is 2. The molecule has 1 unspecified atom stereocenters. The third kappa shape index (κ3) is 6.66. The maximum Gasteiger partial charge on any atom is 0.257 e. The summed E-state index contributed by atoms with van der Waals surface area (Å²) in [6.45, 7) is 2.81. The molecule has 1 aliphatic rings. The minimum Gasteiger partial charge on any atom is -0.484 e. The molecule has 0 saturated carbocycles. The molecule has 1 aliphatic heterocycles. The van der Waals surface area contributed by atoms with Gasteiger partial charge in [0.15, 0.2) is 12.4 Å². The van der Waals surface area contributed by atoms with Gasteiger partial charge >= 0.3 is 0 Å². The van der Waals surface area contributed by atoms with Crippen LogP contribution in [0.3, 0.4) is 0 Å². The quantitative estimate of drug-likeness (QED) is 0.665. The van der Waals surface area contributed by atoms with Crippen LogP contribution in [0.15, 0.2) is 54.6 Å². The van der Waals surface area contributed by atoms with E-state index in [2.05, 4.69) is 10.6 Å². The van der Waals surface area contributed by atoms with Gasteiger partial charge in [0.05, 0.1) is 0 Å². The Kier molecular flexibility index (Phi) is 8.98. The Hall–Kier alpha value is -2.37. The predicted octanol–water partition coefficient (Wildman–Crippen LogP) is 3.22. The fraction of sp³-hybridized carbons (Fsp3) is 0.364. The molecule has 1 amide bonds. The van der Waals surface area contributed by atoms with E-state index in [1.807, 2.05) is 18.2 Å². The predicted molar refractivity (Wildman–Crippen MR) is 112 cm³/mol. The number of ether oxygens (including phenoxy) is 1. The van der Waals surface area contributed by atoms with Crippen LogP contribution >= 0.6 is 12.4 Å². The van der Waals surface area contributed by atoms with Crippen LogP contribution in [-0.4, -0.2) is 37.9 Å². The van der Waals surface area contributed by atoms with Crippen LogP contribution in [0.4, 0.5) is 0 Å². The number of benzene rings is 2. The molecule has 5 nitrogen and oxygen atoms in total. The normalized spacial score (nSPS) is 15.9. The Morgan fingerprint density at radius 3 is 2.43 bits per heavy atom. The van der Waals surface area contributed by atoms with Crippen molar-refractivity contribution in [2.24, 2.45) is 5.92 Å². The number of hydrogen-bond donors (Lipinski definition) is 2. The molecule has 28 heavy (non-hydrogen) atoms. The number of nitrogens with one attached hydrogen (secondary N) is 2. The fourth-order valence-corrected chi connectivity index (χ4v) is 3.24. The first-order chi connectivity index (χ1) is 13.2. The summed E-state index contributed by atoms with van der Waals surface area (Å²) in [5.74, 6) is 1.07. The van der Waals surface area contributed by atoms with Crippen molar-refractivity contribution >= 4 is 24.1 Å². The van der Waals surface area contributed by atoms with Crippen LogP contribution in [0, 0.1) is 5.92 Å². The van der Waals surface area contributed by atoms with Crippen LogP contribution < -0.4 is 15.4 Å². The molecule has 1 atom stereocenters. The number of amides is 1. The Morgan fingerprint density at radius 1 is 1.04 bits per heavy atom. The van der Waals surface area contributed by atoms with Crippen molar-refractivity contribution in [1.82, 2.24) is 10.6 Å². The van der Waals surface area contributed by atoms with Crippen molar-refractivity contribution in [3.63, 3.8) is 0 Å². The fourth-order valence-electron chi connectivity index (χ4n) is 3.24. The van der Waals surface area contributed by atoms with Crippen LogP contribution in [0.25, 0.3) is 0 Å². The van der Waals surface area contributed by atoms with Crippen molar-refractivity contribution in [2.75, 3.05) is 26.2 Å². The summed E-state index contributed by atoms with van der Waals surface area (Å²) in [4.78, 5) is 24.3. The molecular formula is C22H27ClN2O3. The molecule has 150 valence electrons. The molecule has 6 heteroatoms. The Labute approximate surface area is 172 Å². The van der Waals surface area contributed by atoms with Crippen molar-refractivity contribution in [1.29, 1.82) is 0 Å². The SMILES string of the molecule is Cl.O=C(COc1ccc(C(=O)c2ccccc2)cc1)NCCC1CCCNC1. The molecular weight excluding hydrogens is 376 g/mol. The standard InChI is InChI=1S/C22H26N2O3.ClH/c25-21(24-14-12-17-5-4-13-23-15-17)16-27-20-10-8-19(9-11-20)22(26)18-6-2-1-3-7-18;/h1-3,6-11,17,23H,4-5,12-16H2,(H,24,25);1H. The van der Waals surface area contributed by atoms with E-state index in [0.717, 1.165) is 19.5 Å². The summed E-state index contributed by atoms with van der Waals surface area (Å²) < 4.78 is 5.52. The lowest BCUT2D eigenvalue weighted by Gasteiger charge is -2.22. The van der Waals surface area contributed by atoms with Gasteiger partial charge in [-0.05, 0) is 62.5 Å². The molecule has 0 radical (unpaired) electrons. The van der Waals surface area contributed by atoms with E-state index < -0.39 is 0 Å². The first-order valence-electron chi connectivity index (χ1n) is 9.52. The zero-order chi connectivity index (χ0) is 18.9. The number of halogens is 1. The van der Waals surface area contributed by atoms with Gasteiger partial charge in [-0.1, -0.05) is 30.3 Å². The summed E-state index contributed by atoms with van der Waals surface area (Å²) in [7, 11) is 0. The van der Waals surface area contributed by atoms with Gasteiger partial charge in [0, 0.05) is 17.7 Å². The number of ketones is 1. The number of carbonyl (C=O) groups is 2. The third-order valence-corrected chi connectivity index (χ3v) is 4.80. The smallest absolute Gasteiger partial charge is 0.257 e. The molecule has 2 N–H and O–H groups in total. The number of hydrogen-bond acceptors (Lipinski definition) is 4. The second-order valence-corrected chi connectivity index (χ2v) is 6.86. The molecule has 1 saturated heterocycles. The third-order valence-electron chi connectivity index (χ3n) is 4.80. The first-order valence-corrected chi connectivity index (χ1v) is 9.52. The van der Waals surface area contributed by atoms with Crippen molar-refractivity contribution in [3.8, 4) is 5.75 Å². The van der Waals surface area contributed by atoms with Gasteiger partial charge in [-0.3, -0.25) is 9.59 Å². The van der Waals surface area contributed by atoms with E-state index in [-0.39, 0.29) is 30.7 Å². The maximum atomic E-state index is 12.4. The zero-order valence-electron chi connectivity index (χ0n) is 15.9. The highest BCUT2D eigenvalue weighted by Crippen LogP contribution is 2.16. The van der Waals surface area contributed by atoms with Crippen molar-refractivity contribution in [3.05, 3.63) is 65.7 Å². The van der Waals surface area contributed by atoms with Gasteiger partial charge < -0.3 is 15.4 Å². The maximum absolute atomic E-state index is 12.4. The average molecular weight is 403 g/mol. The van der Waals surface area contributed by atoms with Gasteiger partial charge in [-0.15, -0.1) is 12.4 Å². The first kappa shape index (κ1) is 21.9. The lowest BCUT2D eigenvalue weighted by molar-refractivity contribution is -0.123. The van der Waals surface area contributed by atoms with Crippen LogP contribution in [0.2, 0.25) is 0 Å². The van der Waals surface area contributed by atoms with Gasteiger partial charge in [0.25, 0.3) is 5.91 Å². The Bertz CT molecular complexity index is 744. The highest BCUT2D eigenvalue weighted by molar-refractivity contribution is 6.08. The van der Waals surface area contributed by atoms with Crippen molar-refractivity contribution in [2.45, 2.75) is 19.3 Å². The second-order valence-electron chi connectivity index (χ2n) is 6.86. The Morgan fingerprint density at radius 2 is 1.75 bits per heavy atom. The molecule has 0 aliphatic carbocycles. The summed E-state index contributed by atoms with van der Waals surface area (Å²) in [6.07, 6.45) is 3.44. The molecule has 0 aromatic heterocycles. The zero-order valence-corrected chi connectivity index (χ0v) is 16.7. The van der Waals surface area contributed by atoms with E-state index in [4.69, 9.17) is 4.74 Å². The van der Waals surface area contributed by atoms with Crippen LogP contribution in [0.5, 0.6) is 5.75 Å². The molecule has 2 aromatic carbocycles. The highest BCUT2D eigenvalue weighted by atomic mass is 35.5. The van der Waals surface area contributed by atoms with E-state index in [9.17, 15) is 9.59 Å². The Balaban J connectivity index is 0.00000280. The molecule has 3 rings (SSSR count). The summed E-state index contributed by atoms with van der Waals surface area (Å²) >= 11 is 0. The minimum absolute atomic E-state index is 0. The van der Waals surface area contributed by atoms with Gasteiger partial charge in [0.1, 0.15) is 5.75 Å². The number of piperidine rings is 1. The average Bonchev–Trinajstić information content (AvgIpc) is 2.73. The summed E-state index contributed by atoms with van der Waals surface area (Å²) in [6, 6.07) is 16.0. The van der Waals surface area contributed by atoms with Crippen LogP contribution in [0.1, 0.15) is 35.2 Å². The van der Waals surface area contributed by atoms with Gasteiger partial charge in [0.2, 0.25) is 0 Å². The summed E-state index contributed by atoms with van der Waals surface area (Å²) in [5, 5.41) is 6.29. The molecule has 2 aromatic rings. The lowest BCUT2D eigenvalue weighted by atomic mass is 9.96. The van der Waals surface area contributed by atoms with E-state index >= 15 is 0 Å². The molecule has 1 fully saturated rings. The van der Waals surface area contributed by atoms with E-state index in [1.165, 1.54) is 12.8 Å². The molecule has 0 spiro atoms. The molecule has 0 bridgehead atoms. The van der Waals surface area contributed by atoms with E-state index in [0.29, 0.717) is 29.3 Å². The van der Waals surface area contributed by atoms with Crippen LogP contribution in [-0.2, 0) is 4.79 Å². The molecule has 1 heterocycles. The monoisotopic (exact) mass is 402 g/mol. The largest absolute Gasteiger partial charge is 0.484 e. The van der Waals surface area contributed by atoms with Crippen molar-refractivity contribution < 1.29 is 14.3 Å². The minimum atomic E-state index is -0.122. The van der Waals surface area contributed by atoms with Gasteiger partial charge in [-0.2, -0.15) is 0 Å². The number of rotatable bonds is 8. The summed E-state index contributed by atoms with van der Waals surface area (Å²) in [5.41, 5.74) is 1.25. The van der Waals surface area contributed by atoms with Gasteiger partial charge in [-0.25, -0.2) is 0 Å².